The number of carbonyl (C=O) groups excluding carboxylic acids is 1. The van der Waals surface area contributed by atoms with Crippen LogP contribution < -0.4 is 5.32 Å². The SMILES string of the molecule is CCC(CC)C(=O)Nc1cc(Cl)c(O)cc1F. The lowest BCUT2D eigenvalue weighted by Crippen LogP contribution is -2.22. The monoisotopic (exact) mass is 259 g/mol. The fourth-order valence-corrected chi connectivity index (χ4v) is 1.69. The molecule has 0 aliphatic heterocycles. The Morgan fingerprint density at radius 3 is 2.59 bits per heavy atom. The van der Waals surface area contributed by atoms with Crippen molar-refractivity contribution in [1.82, 2.24) is 0 Å². The summed E-state index contributed by atoms with van der Waals surface area (Å²) < 4.78 is 13.4. The van der Waals surface area contributed by atoms with Gasteiger partial charge in [0.15, 0.2) is 0 Å². The van der Waals surface area contributed by atoms with E-state index in [1.165, 1.54) is 6.07 Å². The number of amides is 1. The maximum absolute atomic E-state index is 13.4. The molecule has 0 atom stereocenters. The molecular formula is C12H15ClFNO2. The van der Waals surface area contributed by atoms with Gasteiger partial charge >= 0.3 is 0 Å². The first-order chi connectivity index (χ1) is 7.99. The van der Waals surface area contributed by atoms with Gasteiger partial charge in [-0.3, -0.25) is 4.79 Å². The molecule has 5 heteroatoms. The standard InChI is InChI=1S/C12H15ClFNO2/c1-3-7(4-2)12(17)15-10-5-8(13)11(16)6-9(10)14/h5-7,16H,3-4H2,1-2H3,(H,15,17). The van der Waals surface area contributed by atoms with Crippen LogP contribution in [0.4, 0.5) is 10.1 Å². The molecule has 0 unspecified atom stereocenters. The van der Waals surface area contributed by atoms with E-state index in [-0.39, 0.29) is 28.3 Å². The molecule has 0 bridgehead atoms. The summed E-state index contributed by atoms with van der Waals surface area (Å²) in [4.78, 5) is 11.7. The molecule has 0 fully saturated rings. The summed E-state index contributed by atoms with van der Waals surface area (Å²) in [5.41, 5.74) is -0.00954. The molecule has 0 saturated heterocycles. The molecule has 0 saturated carbocycles. The van der Waals surface area contributed by atoms with Gasteiger partial charge in [0.25, 0.3) is 0 Å². The van der Waals surface area contributed by atoms with Crippen LogP contribution >= 0.6 is 11.6 Å². The average Bonchev–Trinajstić information content (AvgIpc) is 2.27. The minimum Gasteiger partial charge on any atom is -0.506 e. The summed E-state index contributed by atoms with van der Waals surface area (Å²) in [5.74, 6) is -1.44. The van der Waals surface area contributed by atoms with Gasteiger partial charge in [-0.25, -0.2) is 4.39 Å². The molecule has 1 rings (SSSR count). The molecular weight excluding hydrogens is 245 g/mol. The number of halogens is 2. The lowest BCUT2D eigenvalue weighted by Gasteiger charge is -2.13. The summed E-state index contributed by atoms with van der Waals surface area (Å²) in [5, 5.41) is 11.7. The highest BCUT2D eigenvalue weighted by Crippen LogP contribution is 2.29. The number of benzene rings is 1. The number of nitrogens with one attached hydrogen (secondary N) is 1. The number of anilines is 1. The Bertz CT molecular complexity index is 419. The maximum Gasteiger partial charge on any atom is 0.227 e. The van der Waals surface area contributed by atoms with Crippen LogP contribution in [0.3, 0.4) is 0 Å². The van der Waals surface area contributed by atoms with Gasteiger partial charge in [0.05, 0.1) is 10.7 Å². The molecule has 94 valence electrons. The van der Waals surface area contributed by atoms with Gasteiger partial charge in [-0.2, -0.15) is 0 Å². The van der Waals surface area contributed by atoms with Crippen molar-refractivity contribution in [2.75, 3.05) is 5.32 Å². The summed E-state index contributed by atoms with van der Waals surface area (Å²) >= 11 is 5.65. The number of phenolic OH excluding ortho intramolecular Hbond substituents is 1. The predicted molar refractivity (Wildman–Crippen MR) is 65.8 cm³/mol. The smallest absolute Gasteiger partial charge is 0.227 e. The summed E-state index contributed by atoms with van der Waals surface area (Å²) in [6.45, 7) is 3.79. The predicted octanol–water partition coefficient (Wildman–Crippen LogP) is 3.56. The summed E-state index contributed by atoms with van der Waals surface area (Å²) in [6, 6.07) is 2.08. The number of aromatic hydroxyl groups is 1. The highest BCUT2D eigenvalue weighted by molar-refractivity contribution is 6.32. The zero-order chi connectivity index (χ0) is 13.0. The van der Waals surface area contributed by atoms with Crippen LogP contribution in [0.2, 0.25) is 5.02 Å². The summed E-state index contributed by atoms with van der Waals surface area (Å²) in [6.07, 6.45) is 1.38. The highest BCUT2D eigenvalue weighted by atomic mass is 35.5. The molecule has 0 aliphatic carbocycles. The third-order valence-corrected chi connectivity index (χ3v) is 2.95. The molecule has 0 aliphatic rings. The van der Waals surface area contributed by atoms with Crippen LogP contribution in [-0.2, 0) is 4.79 Å². The quantitative estimate of drug-likeness (QED) is 0.813. The van der Waals surface area contributed by atoms with Crippen LogP contribution in [-0.4, -0.2) is 11.0 Å². The van der Waals surface area contributed by atoms with Gasteiger partial charge in [0, 0.05) is 12.0 Å². The average molecular weight is 260 g/mol. The molecule has 0 aromatic heterocycles. The molecule has 1 amide bonds. The van der Waals surface area contributed by atoms with Gasteiger partial charge < -0.3 is 10.4 Å². The Morgan fingerprint density at radius 2 is 2.06 bits per heavy atom. The van der Waals surface area contributed by atoms with E-state index in [1.807, 2.05) is 13.8 Å². The van der Waals surface area contributed by atoms with Gasteiger partial charge in [-0.1, -0.05) is 25.4 Å². The first kappa shape index (κ1) is 13.8. The molecule has 1 aromatic carbocycles. The van der Waals surface area contributed by atoms with Crippen molar-refractivity contribution >= 4 is 23.2 Å². The van der Waals surface area contributed by atoms with Gasteiger partial charge in [-0.05, 0) is 18.9 Å². The summed E-state index contributed by atoms with van der Waals surface area (Å²) in [7, 11) is 0. The lowest BCUT2D eigenvalue weighted by molar-refractivity contribution is -0.120. The fraction of sp³-hybridized carbons (Fsp3) is 0.417. The van der Waals surface area contributed by atoms with E-state index in [0.717, 1.165) is 6.07 Å². The van der Waals surface area contributed by atoms with Crippen LogP contribution in [0.25, 0.3) is 0 Å². The van der Waals surface area contributed by atoms with Crippen molar-refractivity contribution in [2.24, 2.45) is 5.92 Å². The van der Waals surface area contributed by atoms with E-state index in [4.69, 9.17) is 11.6 Å². The van der Waals surface area contributed by atoms with Crippen LogP contribution in [0.1, 0.15) is 26.7 Å². The lowest BCUT2D eigenvalue weighted by atomic mass is 10.0. The Kier molecular flexibility index (Phi) is 4.75. The third-order valence-electron chi connectivity index (χ3n) is 2.65. The zero-order valence-corrected chi connectivity index (χ0v) is 10.5. The van der Waals surface area contributed by atoms with Crippen molar-refractivity contribution in [3.8, 4) is 5.75 Å². The van der Waals surface area contributed by atoms with Crippen molar-refractivity contribution in [2.45, 2.75) is 26.7 Å². The van der Waals surface area contributed by atoms with E-state index < -0.39 is 5.82 Å². The molecule has 1 aromatic rings. The third kappa shape index (κ3) is 3.33. The maximum atomic E-state index is 13.4. The number of phenols is 1. The Morgan fingerprint density at radius 1 is 1.47 bits per heavy atom. The van der Waals surface area contributed by atoms with E-state index in [2.05, 4.69) is 5.32 Å². The van der Waals surface area contributed by atoms with E-state index in [0.29, 0.717) is 12.8 Å². The van der Waals surface area contributed by atoms with Crippen molar-refractivity contribution in [3.63, 3.8) is 0 Å². The first-order valence-electron chi connectivity index (χ1n) is 5.48. The Balaban J connectivity index is 2.88. The van der Waals surface area contributed by atoms with Crippen LogP contribution in [0, 0.1) is 11.7 Å². The number of rotatable bonds is 4. The molecule has 0 heterocycles. The molecule has 2 N–H and O–H groups in total. The van der Waals surface area contributed by atoms with Crippen LogP contribution in [0.5, 0.6) is 5.75 Å². The number of carbonyl (C=O) groups is 1. The van der Waals surface area contributed by atoms with Gasteiger partial charge in [0.1, 0.15) is 11.6 Å². The largest absolute Gasteiger partial charge is 0.506 e. The minimum absolute atomic E-state index is 0.00578. The molecule has 0 spiro atoms. The Hall–Kier alpha value is -1.29. The molecule has 17 heavy (non-hydrogen) atoms. The van der Waals surface area contributed by atoms with E-state index in [9.17, 15) is 14.3 Å². The molecule has 0 radical (unpaired) electrons. The van der Waals surface area contributed by atoms with Crippen molar-refractivity contribution in [1.29, 1.82) is 0 Å². The Labute approximate surface area is 105 Å². The minimum atomic E-state index is -0.703. The number of hydrogen-bond acceptors (Lipinski definition) is 2. The second-order valence-electron chi connectivity index (χ2n) is 3.79. The van der Waals surface area contributed by atoms with E-state index >= 15 is 0 Å². The highest BCUT2D eigenvalue weighted by Gasteiger charge is 2.16. The van der Waals surface area contributed by atoms with Crippen molar-refractivity contribution in [3.05, 3.63) is 23.0 Å². The normalized spacial score (nSPS) is 10.6. The second-order valence-corrected chi connectivity index (χ2v) is 4.19. The topological polar surface area (TPSA) is 49.3 Å². The van der Waals surface area contributed by atoms with Crippen LogP contribution in [0.15, 0.2) is 12.1 Å². The van der Waals surface area contributed by atoms with E-state index in [1.54, 1.807) is 0 Å². The fourth-order valence-electron chi connectivity index (χ4n) is 1.53. The molecule has 3 nitrogen and oxygen atoms in total. The van der Waals surface area contributed by atoms with Gasteiger partial charge in [0.2, 0.25) is 5.91 Å². The zero-order valence-electron chi connectivity index (χ0n) is 9.76. The van der Waals surface area contributed by atoms with Gasteiger partial charge in [-0.15, -0.1) is 0 Å². The number of hydrogen-bond donors (Lipinski definition) is 2. The van der Waals surface area contributed by atoms with Crippen molar-refractivity contribution < 1.29 is 14.3 Å². The first-order valence-corrected chi connectivity index (χ1v) is 5.86. The second kappa shape index (κ2) is 5.87.